The Hall–Kier alpha value is -0.260. The molecule has 0 N–H and O–H groups in total. The minimum Gasteiger partial charge on any atom is -0.103 e. The fourth-order valence-electron chi connectivity index (χ4n) is 0.330. The van der Waals surface area contributed by atoms with E-state index in [1.165, 1.54) is 0 Å². The molecule has 0 bridgehead atoms. The van der Waals surface area contributed by atoms with Crippen molar-refractivity contribution in [2.24, 2.45) is 5.89 Å². The van der Waals surface area contributed by atoms with Crippen LogP contribution in [0.3, 0.4) is 0 Å². The van der Waals surface area contributed by atoms with Gasteiger partial charge in [-0.05, 0) is 18.6 Å². The van der Waals surface area contributed by atoms with Crippen LogP contribution in [-0.4, -0.2) is 0 Å². The lowest BCUT2D eigenvalue weighted by Gasteiger charge is -1.94. The number of hydrogen-bond acceptors (Lipinski definition) is 0. The Kier molecular flexibility index (Phi) is 0.276. The summed E-state index contributed by atoms with van der Waals surface area (Å²) in [7, 11) is 0. The second kappa shape index (κ2) is 2.15. The van der Waals surface area contributed by atoms with E-state index in [0.29, 0.717) is 6.08 Å². The minimum absolute atomic E-state index is 0.635. The molecule has 0 aromatic carbocycles. The highest BCUT2D eigenvalue weighted by atomic mass is 14.1. The molecule has 0 atom stereocenters. The van der Waals surface area contributed by atoms with Crippen LogP contribution in [0.4, 0.5) is 0 Å². The van der Waals surface area contributed by atoms with Crippen molar-refractivity contribution < 1.29 is 12.3 Å². The van der Waals surface area contributed by atoms with E-state index >= 15 is 0 Å². The van der Waals surface area contributed by atoms with Crippen LogP contribution >= 0.6 is 0 Å². The van der Waals surface area contributed by atoms with E-state index in [2.05, 4.69) is 6.58 Å². The van der Waals surface area contributed by atoms with Crippen LogP contribution in [0.2, 0.25) is 0 Å². The summed E-state index contributed by atoms with van der Waals surface area (Å²) in [6, 6.07) is 0. The van der Waals surface area contributed by atoms with E-state index < -0.39 is 31.4 Å². The highest BCUT2D eigenvalue weighted by molar-refractivity contribution is 4.82. The van der Waals surface area contributed by atoms with Crippen molar-refractivity contribution >= 4 is 0 Å². The summed E-state index contributed by atoms with van der Waals surface area (Å²) in [4.78, 5) is 0. The van der Waals surface area contributed by atoms with E-state index in [9.17, 15) is 0 Å². The Morgan fingerprint density at radius 1 is 1.71 bits per heavy atom. The molecule has 1 aliphatic rings. The molecule has 0 aromatic heterocycles. The van der Waals surface area contributed by atoms with Crippen molar-refractivity contribution in [1.29, 1.82) is 0 Å². The third-order valence-electron chi connectivity index (χ3n) is 0.661. The Morgan fingerprint density at radius 2 is 2.29 bits per heavy atom. The molecule has 0 amide bonds. The molecule has 0 heteroatoms. The first-order valence-electron chi connectivity index (χ1n) is 6.45. The maximum absolute atomic E-state index is 7.70. The molecular weight excluding hydrogens is 84.1 g/mol. The van der Waals surface area contributed by atoms with Gasteiger partial charge in [-0.1, -0.05) is 18.8 Å². The van der Waals surface area contributed by atoms with Gasteiger partial charge in [0.2, 0.25) is 0 Å². The fraction of sp³-hybridized carbons (Fsp3) is 0.714. The van der Waals surface area contributed by atoms with Crippen LogP contribution in [0.15, 0.2) is 12.7 Å². The lowest BCUT2D eigenvalue weighted by Crippen LogP contribution is -1.81. The fourth-order valence-corrected chi connectivity index (χ4v) is 0.330. The van der Waals surface area contributed by atoms with Gasteiger partial charge in [-0.15, -0.1) is 6.58 Å². The van der Waals surface area contributed by atoms with Crippen molar-refractivity contribution in [3.63, 3.8) is 0 Å². The van der Waals surface area contributed by atoms with Gasteiger partial charge in [-0.2, -0.15) is 0 Å². The van der Waals surface area contributed by atoms with Crippen molar-refractivity contribution in [2.75, 3.05) is 0 Å². The quantitative estimate of drug-likeness (QED) is 0.449. The average molecular weight is 105 g/mol. The Labute approximate surface area is 57.9 Å². The van der Waals surface area contributed by atoms with Crippen molar-refractivity contribution in [2.45, 2.75) is 25.5 Å². The smallest absolute Gasteiger partial charge is 0.0346 e. The van der Waals surface area contributed by atoms with Crippen LogP contribution in [0.5, 0.6) is 0 Å². The molecule has 0 heterocycles. The Morgan fingerprint density at radius 3 is 2.57 bits per heavy atom. The van der Waals surface area contributed by atoms with Crippen LogP contribution in [0.25, 0.3) is 0 Å². The molecular formula is C7H12. The number of hydrogen-bond donors (Lipinski definition) is 0. The molecule has 7 heavy (non-hydrogen) atoms. The highest BCUT2D eigenvalue weighted by Crippen LogP contribution is 2.24. The van der Waals surface area contributed by atoms with E-state index in [0.717, 1.165) is 0 Å². The first-order chi connectivity index (χ1) is 6.81. The third kappa shape index (κ3) is 1.05. The zero-order valence-electron chi connectivity index (χ0n) is 12.8. The summed E-state index contributed by atoms with van der Waals surface area (Å²) in [5.41, 5.74) is 0. The van der Waals surface area contributed by atoms with Crippen molar-refractivity contribution in [3.8, 4) is 0 Å². The highest BCUT2D eigenvalue weighted by Gasteiger charge is 2.09. The SMILES string of the molecule is [2H]C1([2H])C([2H])([2H])C([2H])([2H])C([2H])(C=C)C1([2H])[2H]. The monoisotopic (exact) mass is 105 g/mol. The zero-order chi connectivity index (χ0) is 13.2. The van der Waals surface area contributed by atoms with E-state index in [1.54, 1.807) is 0 Å². The van der Waals surface area contributed by atoms with Gasteiger partial charge in [0.15, 0.2) is 0 Å². The lowest BCUT2D eigenvalue weighted by atomic mass is 10.1. The second-order valence-corrected chi connectivity index (χ2v) is 1.12. The van der Waals surface area contributed by atoms with E-state index in [-0.39, 0.29) is 0 Å². The summed E-state index contributed by atoms with van der Waals surface area (Å²) in [6.45, 7) is 3.14. The third-order valence-corrected chi connectivity index (χ3v) is 0.661. The van der Waals surface area contributed by atoms with Gasteiger partial charge in [0, 0.05) is 12.3 Å². The van der Waals surface area contributed by atoms with Crippen LogP contribution < -0.4 is 0 Å². The first kappa shape index (κ1) is 0.896. The molecule has 1 saturated carbocycles. The van der Waals surface area contributed by atoms with Gasteiger partial charge in [-0.3, -0.25) is 0 Å². The van der Waals surface area contributed by atoms with Crippen LogP contribution in [0, 0.1) is 5.89 Å². The van der Waals surface area contributed by atoms with Gasteiger partial charge in [0.1, 0.15) is 0 Å². The molecule has 0 aromatic rings. The number of rotatable bonds is 1. The maximum atomic E-state index is 7.70. The molecule has 1 rings (SSSR count). The molecule has 0 aliphatic heterocycles. The molecule has 0 radical (unpaired) electrons. The van der Waals surface area contributed by atoms with Crippen LogP contribution in [-0.2, 0) is 0 Å². The van der Waals surface area contributed by atoms with E-state index in [4.69, 9.17) is 12.3 Å². The molecule has 0 nitrogen and oxygen atoms in total. The lowest BCUT2D eigenvalue weighted by molar-refractivity contribution is 0.688. The van der Waals surface area contributed by atoms with Gasteiger partial charge >= 0.3 is 0 Å². The Balaban J connectivity index is 3.65. The number of allylic oxidation sites excluding steroid dienone is 1. The molecule has 40 valence electrons. The minimum atomic E-state index is -3.11. The van der Waals surface area contributed by atoms with E-state index in [1.807, 2.05) is 0 Å². The topological polar surface area (TPSA) is 0 Å². The summed E-state index contributed by atoms with van der Waals surface area (Å²) >= 11 is 0. The predicted octanol–water partition coefficient (Wildman–Crippen LogP) is 2.36. The van der Waals surface area contributed by atoms with Gasteiger partial charge in [0.05, 0.1) is 0 Å². The summed E-state index contributed by atoms with van der Waals surface area (Å²) in [6.07, 6.45) is -11.6. The molecule has 0 saturated heterocycles. The summed E-state index contributed by atoms with van der Waals surface area (Å²) < 4.78 is 67.4. The van der Waals surface area contributed by atoms with Gasteiger partial charge in [-0.25, -0.2) is 0 Å². The summed E-state index contributed by atoms with van der Waals surface area (Å²) in [5.74, 6) is -2.67. The van der Waals surface area contributed by atoms with Crippen molar-refractivity contribution in [3.05, 3.63) is 12.7 Å². The van der Waals surface area contributed by atoms with Crippen molar-refractivity contribution in [1.82, 2.24) is 0 Å². The first-order valence-corrected chi connectivity index (χ1v) is 1.95. The standard InChI is InChI=1S/C7H12/c1-2-7-5-3-4-6-7/h2,7H,1,3-6H2/i3D2,4D2,5D2,6D2,7D. The zero-order valence-corrected chi connectivity index (χ0v) is 3.78. The predicted molar refractivity (Wildman–Crippen MR) is 32.2 cm³/mol. The Bertz CT molecular complexity index is 303. The normalized spacial score (nSPS) is 75.1. The van der Waals surface area contributed by atoms with Gasteiger partial charge in [0.25, 0.3) is 0 Å². The average Bonchev–Trinajstić information content (AvgIpc) is 2.18. The van der Waals surface area contributed by atoms with Gasteiger partial charge < -0.3 is 0 Å². The molecule has 0 unspecified atom stereocenters. The molecule has 0 spiro atoms. The summed E-state index contributed by atoms with van der Waals surface area (Å²) in [5, 5.41) is 0. The molecule has 1 aliphatic carbocycles. The largest absolute Gasteiger partial charge is 0.103 e. The maximum Gasteiger partial charge on any atom is 0.0346 e. The van der Waals surface area contributed by atoms with Crippen LogP contribution in [0.1, 0.15) is 37.8 Å². The molecule has 1 fully saturated rings. The second-order valence-electron chi connectivity index (χ2n) is 1.12.